The number of rotatable bonds is 6. The van der Waals surface area contributed by atoms with Crippen LogP contribution in [0, 0.1) is 0 Å². The van der Waals surface area contributed by atoms with Crippen LogP contribution in [-0.2, 0) is 0 Å². The third kappa shape index (κ3) is 4.58. The smallest absolute Gasteiger partial charge is 0.289 e. The number of methoxy groups -OCH3 is 1. The van der Waals surface area contributed by atoms with Crippen molar-refractivity contribution in [3.63, 3.8) is 0 Å². The summed E-state index contributed by atoms with van der Waals surface area (Å²) in [6.07, 6.45) is 7.03. The van der Waals surface area contributed by atoms with Gasteiger partial charge in [-0.15, -0.1) is 5.10 Å². The van der Waals surface area contributed by atoms with E-state index in [1.165, 1.54) is 12.7 Å². The van der Waals surface area contributed by atoms with E-state index in [-0.39, 0.29) is 17.5 Å². The van der Waals surface area contributed by atoms with Crippen LogP contribution in [0.15, 0.2) is 51.9 Å². The summed E-state index contributed by atoms with van der Waals surface area (Å²) in [4.78, 5) is 33.4. The fraction of sp³-hybridized carbons (Fsp3) is 0.444. The number of furan rings is 1. The molecule has 1 saturated carbocycles. The van der Waals surface area contributed by atoms with Crippen LogP contribution in [0.2, 0.25) is 0 Å². The summed E-state index contributed by atoms with van der Waals surface area (Å²) >= 11 is 0. The summed E-state index contributed by atoms with van der Waals surface area (Å²) in [6.45, 7) is 2.12. The Hall–Kier alpha value is -3.99. The maximum absolute atomic E-state index is 13.5. The molecule has 4 aromatic rings. The Morgan fingerprint density at radius 1 is 1.11 bits per heavy atom. The minimum absolute atomic E-state index is 0.131. The molecule has 1 saturated heterocycles. The molecule has 2 fully saturated rings. The van der Waals surface area contributed by atoms with Crippen LogP contribution in [-0.4, -0.2) is 74.2 Å². The number of H-pyrrole nitrogens is 1. The lowest BCUT2D eigenvalue weighted by molar-refractivity contribution is 0.0556. The normalized spacial score (nSPS) is 18.1. The molecule has 1 N–H and O–H groups in total. The molecule has 38 heavy (non-hydrogen) atoms. The van der Waals surface area contributed by atoms with E-state index < -0.39 is 6.04 Å². The molecule has 2 aliphatic rings. The van der Waals surface area contributed by atoms with Crippen LogP contribution >= 0.6 is 0 Å². The lowest BCUT2D eigenvalue weighted by Gasteiger charge is -2.38. The number of aromatic amines is 1. The van der Waals surface area contributed by atoms with Crippen molar-refractivity contribution in [2.75, 3.05) is 33.3 Å². The van der Waals surface area contributed by atoms with Gasteiger partial charge in [-0.25, -0.2) is 4.68 Å². The number of nitrogens with one attached hydrogen (secondary N) is 1. The van der Waals surface area contributed by atoms with Gasteiger partial charge in [-0.3, -0.25) is 14.5 Å². The predicted octanol–water partition coefficient (Wildman–Crippen LogP) is 3.17. The molecule has 0 spiro atoms. The number of carbonyl (C=O) groups excluding carboxylic acids is 1. The Bertz CT molecular complexity index is 1460. The summed E-state index contributed by atoms with van der Waals surface area (Å²) in [5.74, 6) is 1.57. The van der Waals surface area contributed by atoms with Crippen LogP contribution in [0.4, 0.5) is 0 Å². The fourth-order valence-electron chi connectivity index (χ4n) is 5.74. The summed E-state index contributed by atoms with van der Waals surface area (Å²) in [5, 5.41) is 13.8. The summed E-state index contributed by atoms with van der Waals surface area (Å²) in [5.41, 5.74) is 1.13. The van der Waals surface area contributed by atoms with Gasteiger partial charge in [0.05, 0.1) is 19.4 Å². The number of aromatic nitrogens is 5. The van der Waals surface area contributed by atoms with E-state index in [1.54, 1.807) is 24.1 Å². The van der Waals surface area contributed by atoms with E-state index >= 15 is 0 Å². The maximum atomic E-state index is 13.5. The molecule has 1 aromatic carbocycles. The number of carbonyl (C=O) groups is 1. The first kappa shape index (κ1) is 24.4. The van der Waals surface area contributed by atoms with Crippen molar-refractivity contribution in [1.29, 1.82) is 0 Å². The molecule has 0 radical (unpaired) electrons. The monoisotopic (exact) mass is 517 g/mol. The summed E-state index contributed by atoms with van der Waals surface area (Å²) in [6, 6.07) is 10.6. The van der Waals surface area contributed by atoms with E-state index in [4.69, 9.17) is 9.15 Å². The fourth-order valence-corrected chi connectivity index (χ4v) is 5.74. The first-order valence-electron chi connectivity index (χ1n) is 13.2. The van der Waals surface area contributed by atoms with Crippen molar-refractivity contribution < 1.29 is 13.9 Å². The lowest BCUT2D eigenvalue weighted by atomic mass is 9.95. The molecular formula is C27H31N7O4. The standard InChI is InChI=1S/C27H31N7O4/c1-37-20-9-10-22-18(16-20)17-21(26(35)28-22)24(25-29-30-31-34(25)19-6-3-2-4-7-19)32-11-13-33(14-12-32)27(36)23-8-5-15-38-23/h5,8-10,15-17,19,24H,2-4,6-7,11-14H2,1H3,(H,28,35)/t24-/m1/s1. The van der Waals surface area contributed by atoms with Gasteiger partial charge in [0.2, 0.25) is 0 Å². The van der Waals surface area contributed by atoms with Gasteiger partial charge >= 0.3 is 0 Å². The Labute approximate surface area is 219 Å². The van der Waals surface area contributed by atoms with Crippen molar-refractivity contribution in [3.8, 4) is 5.75 Å². The number of hydrogen-bond acceptors (Lipinski definition) is 8. The second-order valence-corrected chi connectivity index (χ2v) is 9.99. The van der Waals surface area contributed by atoms with E-state index in [1.807, 2.05) is 28.9 Å². The van der Waals surface area contributed by atoms with Crippen molar-refractivity contribution in [2.45, 2.75) is 44.2 Å². The second kappa shape index (κ2) is 10.4. The van der Waals surface area contributed by atoms with Crippen molar-refractivity contribution in [2.24, 2.45) is 0 Å². The van der Waals surface area contributed by atoms with E-state index in [2.05, 4.69) is 25.4 Å². The molecule has 11 nitrogen and oxygen atoms in total. The molecule has 11 heteroatoms. The number of pyridine rings is 1. The van der Waals surface area contributed by atoms with Gasteiger partial charge in [0.15, 0.2) is 11.6 Å². The lowest BCUT2D eigenvalue weighted by Crippen LogP contribution is -2.51. The summed E-state index contributed by atoms with van der Waals surface area (Å²) < 4.78 is 12.7. The second-order valence-electron chi connectivity index (χ2n) is 9.99. The zero-order valence-corrected chi connectivity index (χ0v) is 21.4. The van der Waals surface area contributed by atoms with Gasteiger partial charge in [-0.05, 0) is 59.7 Å². The zero-order chi connectivity index (χ0) is 26.1. The molecule has 1 atom stereocenters. The number of piperazine rings is 1. The van der Waals surface area contributed by atoms with Crippen molar-refractivity contribution in [1.82, 2.24) is 35.0 Å². The van der Waals surface area contributed by atoms with Gasteiger partial charge < -0.3 is 19.0 Å². The number of tetrazole rings is 1. The van der Waals surface area contributed by atoms with E-state index in [0.717, 1.165) is 36.6 Å². The van der Waals surface area contributed by atoms with E-state index in [0.29, 0.717) is 49.1 Å². The van der Waals surface area contributed by atoms with Crippen LogP contribution in [0.5, 0.6) is 5.75 Å². The van der Waals surface area contributed by atoms with Crippen LogP contribution in [0.1, 0.15) is 66.1 Å². The first-order chi connectivity index (χ1) is 18.6. The summed E-state index contributed by atoms with van der Waals surface area (Å²) in [7, 11) is 1.62. The van der Waals surface area contributed by atoms with Gasteiger partial charge in [-0.1, -0.05) is 19.3 Å². The highest BCUT2D eigenvalue weighted by molar-refractivity contribution is 5.91. The minimum atomic E-state index is -0.466. The molecule has 1 amide bonds. The van der Waals surface area contributed by atoms with Crippen molar-refractivity contribution in [3.05, 3.63) is 70.2 Å². The highest BCUT2D eigenvalue weighted by Gasteiger charge is 2.35. The highest BCUT2D eigenvalue weighted by atomic mass is 16.5. The Morgan fingerprint density at radius 3 is 2.66 bits per heavy atom. The third-order valence-electron chi connectivity index (χ3n) is 7.76. The van der Waals surface area contributed by atoms with Crippen LogP contribution in [0.3, 0.4) is 0 Å². The number of benzene rings is 1. The number of amides is 1. The topological polar surface area (TPSA) is 122 Å². The number of hydrogen-bond donors (Lipinski definition) is 1. The molecule has 1 aliphatic heterocycles. The molecular weight excluding hydrogens is 486 g/mol. The maximum Gasteiger partial charge on any atom is 0.289 e. The quantitative estimate of drug-likeness (QED) is 0.414. The van der Waals surface area contributed by atoms with Crippen LogP contribution in [0.25, 0.3) is 10.9 Å². The van der Waals surface area contributed by atoms with E-state index in [9.17, 15) is 9.59 Å². The number of ether oxygens (including phenoxy) is 1. The predicted molar refractivity (Wildman–Crippen MR) is 139 cm³/mol. The van der Waals surface area contributed by atoms with Crippen molar-refractivity contribution >= 4 is 16.8 Å². The van der Waals surface area contributed by atoms with Gasteiger partial charge in [0.25, 0.3) is 11.5 Å². The molecule has 0 bridgehead atoms. The molecule has 4 heterocycles. The molecule has 198 valence electrons. The Morgan fingerprint density at radius 2 is 1.92 bits per heavy atom. The average Bonchev–Trinajstić information content (AvgIpc) is 3.67. The van der Waals surface area contributed by atoms with Gasteiger partial charge in [0.1, 0.15) is 11.8 Å². The molecule has 0 unspecified atom stereocenters. The Kier molecular flexibility index (Phi) is 6.67. The number of nitrogens with zero attached hydrogens (tertiary/aromatic N) is 6. The van der Waals surface area contributed by atoms with Crippen LogP contribution < -0.4 is 10.3 Å². The van der Waals surface area contributed by atoms with Gasteiger partial charge in [0, 0.05) is 42.6 Å². The SMILES string of the molecule is COc1ccc2[nH]c(=O)c([C@H](c3nnnn3C3CCCCC3)N3CCN(C(=O)c4ccco4)CC3)cc2c1. The Balaban J connectivity index is 1.38. The molecule has 6 rings (SSSR count). The zero-order valence-electron chi connectivity index (χ0n) is 21.4. The minimum Gasteiger partial charge on any atom is -0.497 e. The average molecular weight is 518 g/mol. The number of fused-ring (bicyclic) bond motifs is 1. The molecule has 1 aliphatic carbocycles. The van der Waals surface area contributed by atoms with Gasteiger partial charge in [-0.2, -0.15) is 0 Å². The largest absolute Gasteiger partial charge is 0.497 e. The highest BCUT2D eigenvalue weighted by Crippen LogP contribution is 2.33. The first-order valence-corrected chi connectivity index (χ1v) is 13.2. The third-order valence-corrected chi connectivity index (χ3v) is 7.76. The molecule has 3 aromatic heterocycles.